The minimum absolute atomic E-state index is 0.0734. The molecule has 156 valence electrons. The topological polar surface area (TPSA) is 65.1 Å². The van der Waals surface area contributed by atoms with Crippen molar-refractivity contribution in [3.63, 3.8) is 0 Å². The number of anilines is 1. The van der Waals surface area contributed by atoms with Crippen LogP contribution in [0.15, 0.2) is 36.4 Å². The highest BCUT2D eigenvalue weighted by atomic mass is 35.5. The number of rotatable bonds is 4. The number of likely N-dealkylation sites (tertiary alicyclic amines) is 1. The van der Waals surface area contributed by atoms with E-state index in [2.05, 4.69) is 9.88 Å². The van der Waals surface area contributed by atoms with E-state index in [9.17, 15) is 4.79 Å². The van der Waals surface area contributed by atoms with Crippen molar-refractivity contribution in [3.8, 4) is 0 Å². The molecule has 1 unspecified atom stereocenters. The molecule has 0 aliphatic carbocycles. The summed E-state index contributed by atoms with van der Waals surface area (Å²) in [4.78, 5) is 30.0. The Balaban J connectivity index is 1.33. The standard InChI is InChI=1S/C23H26ClN5O/c24-18-8-2-1-6-16(18)14-20-25-19-9-10-21(27-22(19)26-20)29-13-5-7-17(15-29)23(30)28-11-3-4-12-28/h1-2,6,8-10,17H,3-5,7,11-15H2,(H,25,26,27). The second-order valence-electron chi connectivity index (χ2n) is 8.31. The Hall–Kier alpha value is -2.60. The van der Waals surface area contributed by atoms with Gasteiger partial charge in [-0.05, 0) is 49.4 Å². The Morgan fingerprint density at radius 2 is 1.90 bits per heavy atom. The van der Waals surface area contributed by atoms with Crippen molar-refractivity contribution in [2.45, 2.75) is 32.1 Å². The van der Waals surface area contributed by atoms with Gasteiger partial charge in [-0.1, -0.05) is 29.8 Å². The minimum atomic E-state index is 0.0734. The van der Waals surface area contributed by atoms with Gasteiger partial charge in [0.1, 0.15) is 11.6 Å². The second kappa shape index (κ2) is 8.26. The van der Waals surface area contributed by atoms with Crippen molar-refractivity contribution in [3.05, 3.63) is 52.8 Å². The van der Waals surface area contributed by atoms with Crippen LogP contribution < -0.4 is 4.90 Å². The number of aromatic nitrogens is 3. The number of nitrogens with one attached hydrogen (secondary N) is 1. The summed E-state index contributed by atoms with van der Waals surface area (Å²) in [6.45, 7) is 3.51. The molecule has 2 fully saturated rings. The molecule has 4 heterocycles. The molecule has 6 nitrogen and oxygen atoms in total. The van der Waals surface area contributed by atoms with Crippen LogP contribution in [0.25, 0.3) is 11.2 Å². The average Bonchev–Trinajstić information content (AvgIpc) is 3.44. The first-order valence-electron chi connectivity index (χ1n) is 10.8. The van der Waals surface area contributed by atoms with Gasteiger partial charge >= 0.3 is 0 Å². The Kier molecular flexibility index (Phi) is 5.34. The molecule has 0 saturated carbocycles. The quantitative estimate of drug-likeness (QED) is 0.687. The zero-order chi connectivity index (χ0) is 20.5. The number of aromatic amines is 1. The van der Waals surface area contributed by atoms with Gasteiger partial charge in [-0.3, -0.25) is 4.79 Å². The van der Waals surface area contributed by atoms with Crippen LogP contribution in [0.1, 0.15) is 37.1 Å². The molecule has 0 spiro atoms. The number of pyridine rings is 1. The maximum atomic E-state index is 12.8. The highest BCUT2D eigenvalue weighted by Crippen LogP contribution is 2.26. The predicted molar refractivity (Wildman–Crippen MR) is 119 cm³/mol. The van der Waals surface area contributed by atoms with Crippen molar-refractivity contribution >= 4 is 34.5 Å². The van der Waals surface area contributed by atoms with Gasteiger partial charge in [0.2, 0.25) is 5.91 Å². The maximum Gasteiger partial charge on any atom is 0.227 e. The summed E-state index contributed by atoms with van der Waals surface area (Å²) in [5.41, 5.74) is 2.67. The number of hydrogen-bond donors (Lipinski definition) is 1. The third-order valence-corrected chi connectivity index (χ3v) is 6.58. The lowest BCUT2D eigenvalue weighted by atomic mass is 9.96. The number of H-pyrrole nitrogens is 1. The van der Waals surface area contributed by atoms with E-state index in [1.807, 2.05) is 41.3 Å². The van der Waals surface area contributed by atoms with Crippen LogP contribution in [0.2, 0.25) is 5.02 Å². The third-order valence-electron chi connectivity index (χ3n) is 6.21. The minimum Gasteiger partial charge on any atom is -0.356 e. The Morgan fingerprint density at radius 3 is 2.73 bits per heavy atom. The van der Waals surface area contributed by atoms with Gasteiger partial charge in [-0.25, -0.2) is 9.97 Å². The summed E-state index contributed by atoms with van der Waals surface area (Å²) >= 11 is 6.29. The summed E-state index contributed by atoms with van der Waals surface area (Å²) < 4.78 is 0. The van der Waals surface area contributed by atoms with E-state index in [-0.39, 0.29) is 5.92 Å². The van der Waals surface area contributed by atoms with Gasteiger partial charge in [0.15, 0.2) is 5.65 Å². The molecule has 7 heteroatoms. The van der Waals surface area contributed by atoms with Gasteiger partial charge in [-0.2, -0.15) is 0 Å². The average molecular weight is 424 g/mol. The maximum absolute atomic E-state index is 12.8. The summed E-state index contributed by atoms with van der Waals surface area (Å²) in [7, 11) is 0. The van der Waals surface area contributed by atoms with Gasteiger partial charge in [0.25, 0.3) is 0 Å². The van der Waals surface area contributed by atoms with Crippen LogP contribution in [-0.2, 0) is 11.2 Å². The number of benzene rings is 1. The lowest BCUT2D eigenvalue weighted by Gasteiger charge is -2.34. The highest BCUT2D eigenvalue weighted by Gasteiger charge is 2.31. The SMILES string of the molecule is O=C(C1CCCN(c2ccc3[nH]c(Cc4ccccc4Cl)nc3n2)C1)N1CCCC1. The van der Waals surface area contributed by atoms with Gasteiger partial charge in [0.05, 0.1) is 11.4 Å². The molecule has 30 heavy (non-hydrogen) atoms. The molecular formula is C23H26ClN5O. The molecule has 2 saturated heterocycles. The van der Waals surface area contributed by atoms with Crippen molar-refractivity contribution in [1.82, 2.24) is 19.9 Å². The summed E-state index contributed by atoms with van der Waals surface area (Å²) in [5, 5.41) is 0.744. The smallest absolute Gasteiger partial charge is 0.227 e. The van der Waals surface area contributed by atoms with E-state index in [1.54, 1.807) is 0 Å². The van der Waals surface area contributed by atoms with Crippen molar-refractivity contribution in [2.24, 2.45) is 5.92 Å². The molecule has 1 atom stereocenters. The fourth-order valence-electron chi connectivity index (χ4n) is 4.60. The summed E-state index contributed by atoms with van der Waals surface area (Å²) in [5.74, 6) is 2.14. The number of carbonyl (C=O) groups is 1. The van der Waals surface area contributed by atoms with Crippen LogP contribution in [-0.4, -0.2) is 51.9 Å². The summed E-state index contributed by atoms with van der Waals surface area (Å²) in [6, 6.07) is 11.9. The van der Waals surface area contributed by atoms with Crippen LogP contribution in [0.4, 0.5) is 5.82 Å². The molecule has 1 aromatic carbocycles. The van der Waals surface area contributed by atoms with Gasteiger partial charge in [-0.15, -0.1) is 0 Å². The fraction of sp³-hybridized carbons (Fsp3) is 0.435. The van der Waals surface area contributed by atoms with E-state index in [1.165, 1.54) is 0 Å². The van der Waals surface area contributed by atoms with Crippen molar-refractivity contribution in [1.29, 1.82) is 0 Å². The zero-order valence-corrected chi connectivity index (χ0v) is 17.7. The summed E-state index contributed by atoms with van der Waals surface area (Å²) in [6.07, 6.45) is 4.90. The highest BCUT2D eigenvalue weighted by molar-refractivity contribution is 6.31. The molecule has 5 rings (SSSR count). The molecule has 1 N–H and O–H groups in total. The molecule has 0 radical (unpaired) electrons. The number of imidazole rings is 1. The second-order valence-corrected chi connectivity index (χ2v) is 8.72. The number of amides is 1. The van der Waals surface area contributed by atoms with Crippen LogP contribution in [0, 0.1) is 5.92 Å². The first kappa shape index (κ1) is 19.4. The molecule has 0 bridgehead atoms. The molecular weight excluding hydrogens is 398 g/mol. The largest absolute Gasteiger partial charge is 0.356 e. The van der Waals surface area contributed by atoms with Gasteiger partial charge in [0, 0.05) is 37.6 Å². The van der Waals surface area contributed by atoms with Crippen LogP contribution in [0.5, 0.6) is 0 Å². The Bertz CT molecular complexity index is 1060. The lowest BCUT2D eigenvalue weighted by molar-refractivity contribution is -0.134. The Labute approximate surface area is 181 Å². The fourth-order valence-corrected chi connectivity index (χ4v) is 4.80. The van der Waals surface area contributed by atoms with Crippen molar-refractivity contribution in [2.75, 3.05) is 31.1 Å². The number of carbonyl (C=O) groups excluding carboxylic acids is 1. The van der Waals surface area contributed by atoms with E-state index >= 15 is 0 Å². The number of hydrogen-bond acceptors (Lipinski definition) is 4. The van der Waals surface area contributed by atoms with Crippen molar-refractivity contribution < 1.29 is 4.79 Å². The van der Waals surface area contributed by atoms with E-state index < -0.39 is 0 Å². The zero-order valence-electron chi connectivity index (χ0n) is 17.0. The van der Waals surface area contributed by atoms with E-state index in [0.717, 1.165) is 79.6 Å². The molecule has 2 aliphatic rings. The lowest BCUT2D eigenvalue weighted by Crippen LogP contribution is -2.44. The number of piperidine rings is 1. The monoisotopic (exact) mass is 423 g/mol. The molecule has 3 aromatic rings. The van der Waals surface area contributed by atoms with Crippen LogP contribution in [0.3, 0.4) is 0 Å². The molecule has 2 aromatic heterocycles. The molecule has 2 aliphatic heterocycles. The van der Waals surface area contributed by atoms with E-state index in [4.69, 9.17) is 21.6 Å². The van der Waals surface area contributed by atoms with Gasteiger partial charge < -0.3 is 14.8 Å². The number of nitrogens with zero attached hydrogens (tertiary/aromatic N) is 4. The first-order chi connectivity index (χ1) is 14.7. The van der Waals surface area contributed by atoms with E-state index in [0.29, 0.717) is 18.0 Å². The molecule has 1 amide bonds. The van der Waals surface area contributed by atoms with Crippen LogP contribution >= 0.6 is 11.6 Å². The third kappa shape index (κ3) is 3.88. The normalized spacial score (nSPS) is 19.6. The first-order valence-corrected chi connectivity index (χ1v) is 11.2. The predicted octanol–water partition coefficient (Wildman–Crippen LogP) is 4.04. The number of halogens is 1. The number of fused-ring (bicyclic) bond motifs is 1. The Morgan fingerprint density at radius 1 is 1.07 bits per heavy atom.